The molecular formula is C25H20Cl3N3O2. The van der Waals surface area contributed by atoms with Crippen LogP contribution in [0.4, 0.5) is 5.69 Å². The van der Waals surface area contributed by atoms with Crippen LogP contribution in [-0.4, -0.2) is 23.7 Å². The maximum atomic E-state index is 13.0. The number of benzene rings is 3. The van der Waals surface area contributed by atoms with Crippen LogP contribution >= 0.6 is 34.8 Å². The monoisotopic (exact) mass is 499 g/mol. The number of hydrogen-bond donors (Lipinski definition) is 2. The Morgan fingerprint density at radius 1 is 1.03 bits per heavy atom. The smallest absolute Gasteiger partial charge is 0.269 e. The molecule has 0 bridgehead atoms. The summed E-state index contributed by atoms with van der Waals surface area (Å²) in [5, 5.41) is 7.02. The van der Waals surface area contributed by atoms with Gasteiger partial charge in [0.15, 0.2) is 0 Å². The van der Waals surface area contributed by atoms with E-state index in [4.69, 9.17) is 34.8 Å². The van der Waals surface area contributed by atoms with Gasteiger partial charge in [0.05, 0.1) is 21.4 Å². The molecule has 3 aromatic carbocycles. The molecule has 1 unspecified atom stereocenters. The van der Waals surface area contributed by atoms with Gasteiger partial charge in [0.25, 0.3) is 5.91 Å². The van der Waals surface area contributed by atoms with Crippen LogP contribution < -0.4 is 10.6 Å². The number of nitrogens with zero attached hydrogens (tertiary/aromatic N) is 1. The van der Waals surface area contributed by atoms with Crippen molar-refractivity contribution in [1.29, 1.82) is 0 Å². The number of carbonyl (C=O) groups excluding carboxylic acids is 2. The molecule has 4 rings (SSSR count). The van der Waals surface area contributed by atoms with Crippen LogP contribution in [0, 0.1) is 5.92 Å². The van der Waals surface area contributed by atoms with E-state index in [1.54, 1.807) is 37.3 Å². The number of anilines is 1. The Labute approximate surface area is 206 Å². The number of fused-ring (bicyclic) bond motifs is 1. The van der Waals surface area contributed by atoms with E-state index >= 15 is 0 Å². The second-order valence-electron chi connectivity index (χ2n) is 7.79. The lowest BCUT2D eigenvalue weighted by atomic mass is 10.00. The molecular weight excluding hydrogens is 481 g/mol. The highest BCUT2D eigenvalue weighted by atomic mass is 35.5. The number of rotatable bonds is 5. The van der Waals surface area contributed by atoms with Crippen LogP contribution in [0.15, 0.2) is 71.7 Å². The summed E-state index contributed by atoms with van der Waals surface area (Å²) >= 11 is 18.3. The first-order valence-electron chi connectivity index (χ1n) is 10.3. The van der Waals surface area contributed by atoms with Crippen molar-refractivity contribution in [3.8, 4) is 0 Å². The van der Waals surface area contributed by atoms with Crippen molar-refractivity contribution < 1.29 is 9.59 Å². The number of nitrogens with one attached hydrogen (secondary N) is 2. The first-order valence-corrected chi connectivity index (χ1v) is 11.4. The highest BCUT2D eigenvalue weighted by Gasteiger charge is 2.28. The largest absolute Gasteiger partial charge is 0.326 e. The van der Waals surface area contributed by atoms with Crippen molar-refractivity contribution in [3.05, 3.63) is 98.5 Å². The highest BCUT2D eigenvalue weighted by Crippen LogP contribution is 2.27. The van der Waals surface area contributed by atoms with E-state index in [2.05, 4.69) is 15.6 Å². The third-order valence-corrected chi connectivity index (χ3v) is 6.27. The molecule has 0 aromatic heterocycles. The van der Waals surface area contributed by atoms with Gasteiger partial charge < -0.3 is 10.6 Å². The summed E-state index contributed by atoms with van der Waals surface area (Å²) < 4.78 is 0. The zero-order chi connectivity index (χ0) is 23.5. The van der Waals surface area contributed by atoms with Crippen molar-refractivity contribution in [2.24, 2.45) is 10.9 Å². The van der Waals surface area contributed by atoms with Crippen molar-refractivity contribution in [3.63, 3.8) is 0 Å². The maximum absolute atomic E-state index is 13.0. The van der Waals surface area contributed by atoms with Crippen LogP contribution in [0.25, 0.3) is 0 Å². The van der Waals surface area contributed by atoms with E-state index in [0.29, 0.717) is 38.5 Å². The van der Waals surface area contributed by atoms with Gasteiger partial charge in [-0.15, -0.1) is 0 Å². The molecule has 33 heavy (non-hydrogen) atoms. The van der Waals surface area contributed by atoms with Gasteiger partial charge in [0, 0.05) is 22.1 Å². The number of benzodiazepines with no additional fused rings is 1. The minimum atomic E-state index is -1.10. The lowest BCUT2D eigenvalue weighted by molar-refractivity contribution is -0.128. The SMILES string of the molecule is C[C@@H](Cc1ccc(Cl)c(Cl)c1)C(=O)NC1N=C(c2ccccc2)c2cc(Cl)ccc2NC1=O. The number of carbonyl (C=O) groups is 2. The molecule has 5 nitrogen and oxygen atoms in total. The summed E-state index contributed by atoms with van der Waals surface area (Å²) in [5.41, 5.74) is 3.50. The Morgan fingerprint density at radius 3 is 2.52 bits per heavy atom. The fourth-order valence-corrected chi connectivity index (χ4v) is 4.09. The lowest BCUT2D eigenvalue weighted by Crippen LogP contribution is -2.44. The predicted molar refractivity (Wildman–Crippen MR) is 133 cm³/mol. The third kappa shape index (κ3) is 5.38. The molecule has 1 aliphatic rings. The molecule has 0 fully saturated rings. The third-order valence-electron chi connectivity index (χ3n) is 5.30. The van der Waals surface area contributed by atoms with Crippen molar-refractivity contribution in [1.82, 2.24) is 5.32 Å². The Hall–Kier alpha value is -2.86. The van der Waals surface area contributed by atoms with E-state index in [-0.39, 0.29) is 5.91 Å². The molecule has 168 valence electrons. The predicted octanol–water partition coefficient (Wildman–Crippen LogP) is 5.76. The molecule has 1 heterocycles. The first kappa shape index (κ1) is 23.3. The topological polar surface area (TPSA) is 70.6 Å². The van der Waals surface area contributed by atoms with Gasteiger partial charge >= 0.3 is 0 Å². The Kier molecular flexibility index (Phi) is 7.03. The Balaban J connectivity index is 1.61. The molecule has 3 aromatic rings. The molecule has 0 radical (unpaired) electrons. The molecule has 0 saturated heterocycles. The molecule has 0 saturated carbocycles. The summed E-state index contributed by atoms with van der Waals surface area (Å²) in [6, 6.07) is 19.9. The molecule has 8 heteroatoms. The van der Waals surface area contributed by atoms with Crippen LogP contribution in [0.1, 0.15) is 23.6 Å². The second kappa shape index (κ2) is 9.96. The van der Waals surface area contributed by atoms with E-state index in [9.17, 15) is 9.59 Å². The quantitative estimate of drug-likeness (QED) is 0.468. The van der Waals surface area contributed by atoms with Gasteiger partial charge in [-0.05, 0) is 42.3 Å². The van der Waals surface area contributed by atoms with E-state index < -0.39 is 18.0 Å². The highest BCUT2D eigenvalue weighted by molar-refractivity contribution is 6.42. The standard InChI is InChI=1S/C25H20Cl3N3O2/c1-14(11-15-7-9-19(27)20(28)12-15)24(32)31-23-25(33)29-21-10-8-17(26)13-18(21)22(30-23)16-5-3-2-4-6-16/h2-10,12-14,23H,11H2,1H3,(H,29,33)(H,31,32)/t14-,23?/m0/s1. The molecule has 2 atom stereocenters. The summed E-state index contributed by atoms with van der Waals surface area (Å²) in [6.07, 6.45) is -0.669. The number of amides is 2. The molecule has 2 N–H and O–H groups in total. The Morgan fingerprint density at radius 2 is 1.79 bits per heavy atom. The minimum absolute atomic E-state index is 0.304. The average Bonchev–Trinajstić information content (AvgIpc) is 2.93. The summed E-state index contributed by atoms with van der Waals surface area (Å²) in [6.45, 7) is 1.78. The van der Waals surface area contributed by atoms with Gasteiger partial charge in [0.1, 0.15) is 0 Å². The van der Waals surface area contributed by atoms with E-state index in [1.807, 2.05) is 36.4 Å². The number of aliphatic imine (C=N–C) groups is 1. The maximum Gasteiger partial charge on any atom is 0.269 e. The minimum Gasteiger partial charge on any atom is -0.326 e. The van der Waals surface area contributed by atoms with Gasteiger partial charge in [-0.1, -0.05) is 78.1 Å². The summed E-state index contributed by atoms with van der Waals surface area (Å²) in [7, 11) is 0. The van der Waals surface area contributed by atoms with Crippen molar-refractivity contribution in [2.75, 3.05) is 5.32 Å². The average molecular weight is 501 g/mol. The normalized spacial score (nSPS) is 16.2. The number of halogens is 3. The van der Waals surface area contributed by atoms with Gasteiger partial charge in [-0.25, -0.2) is 4.99 Å². The van der Waals surface area contributed by atoms with Gasteiger partial charge in [-0.2, -0.15) is 0 Å². The molecule has 2 amide bonds. The summed E-state index contributed by atoms with van der Waals surface area (Å²) in [5.74, 6) is -1.16. The second-order valence-corrected chi connectivity index (χ2v) is 9.04. The van der Waals surface area contributed by atoms with Gasteiger partial charge in [0.2, 0.25) is 12.1 Å². The van der Waals surface area contributed by atoms with Crippen LogP contribution in [-0.2, 0) is 16.0 Å². The van der Waals surface area contributed by atoms with Crippen molar-refractivity contribution in [2.45, 2.75) is 19.5 Å². The molecule has 0 aliphatic carbocycles. The van der Waals surface area contributed by atoms with Crippen LogP contribution in [0.3, 0.4) is 0 Å². The van der Waals surface area contributed by atoms with Crippen molar-refractivity contribution >= 4 is 58.0 Å². The van der Waals surface area contributed by atoms with Gasteiger partial charge in [-0.3, -0.25) is 9.59 Å². The fourth-order valence-electron chi connectivity index (χ4n) is 3.59. The first-order chi connectivity index (χ1) is 15.8. The zero-order valence-electron chi connectivity index (χ0n) is 17.6. The van der Waals surface area contributed by atoms with Crippen LogP contribution in [0.2, 0.25) is 15.1 Å². The molecule has 0 spiro atoms. The van der Waals surface area contributed by atoms with E-state index in [0.717, 1.165) is 11.1 Å². The number of hydrogen-bond acceptors (Lipinski definition) is 3. The fraction of sp³-hybridized carbons (Fsp3) is 0.160. The molecule has 1 aliphatic heterocycles. The lowest BCUT2D eigenvalue weighted by Gasteiger charge is -2.17. The van der Waals surface area contributed by atoms with E-state index in [1.165, 1.54) is 0 Å². The summed E-state index contributed by atoms with van der Waals surface area (Å²) in [4.78, 5) is 30.5. The Bertz CT molecular complexity index is 1240. The van der Waals surface area contributed by atoms with Crippen LogP contribution in [0.5, 0.6) is 0 Å². The zero-order valence-corrected chi connectivity index (χ0v) is 19.9.